The zero-order chi connectivity index (χ0) is 14.7. The number of halogens is 1. The summed E-state index contributed by atoms with van der Waals surface area (Å²) in [5.41, 5.74) is 8.37. The van der Waals surface area contributed by atoms with Crippen LogP contribution < -0.4 is 5.73 Å². The average molecular weight is 352 g/mol. The molecule has 0 aromatic heterocycles. The Kier molecular flexibility index (Phi) is 4.73. The molecule has 0 radical (unpaired) electrons. The molecular formula is C15H14BrNO2S. The zero-order valence-corrected chi connectivity index (χ0v) is 13.5. The fourth-order valence-corrected chi connectivity index (χ4v) is 3.11. The molecule has 20 heavy (non-hydrogen) atoms. The Bertz CT molecular complexity index is 658. The number of carbonyl (C=O) groups is 1. The summed E-state index contributed by atoms with van der Waals surface area (Å²) in [6.07, 6.45) is 0. The van der Waals surface area contributed by atoms with Crippen molar-refractivity contribution in [1.29, 1.82) is 0 Å². The van der Waals surface area contributed by atoms with E-state index in [0.717, 1.165) is 19.8 Å². The minimum atomic E-state index is -0.347. The first-order valence-corrected chi connectivity index (χ1v) is 7.55. The fourth-order valence-electron chi connectivity index (χ4n) is 1.72. The molecule has 0 saturated heterocycles. The normalized spacial score (nSPS) is 10.3. The maximum atomic E-state index is 11.8. The Morgan fingerprint density at radius 3 is 2.60 bits per heavy atom. The zero-order valence-electron chi connectivity index (χ0n) is 11.1. The van der Waals surface area contributed by atoms with Crippen LogP contribution in [0.2, 0.25) is 0 Å². The summed E-state index contributed by atoms with van der Waals surface area (Å²) in [5.74, 6) is -0.347. The summed E-state index contributed by atoms with van der Waals surface area (Å²) >= 11 is 4.91. The predicted molar refractivity (Wildman–Crippen MR) is 85.2 cm³/mol. The molecule has 2 aromatic rings. The maximum absolute atomic E-state index is 11.8. The predicted octanol–water partition coefficient (Wildman–Crippen LogP) is 4.28. The van der Waals surface area contributed by atoms with Crippen molar-refractivity contribution in [3.8, 4) is 0 Å². The third kappa shape index (κ3) is 2.99. The van der Waals surface area contributed by atoms with E-state index in [2.05, 4.69) is 15.9 Å². The molecule has 2 rings (SSSR count). The lowest BCUT2D eigenvalue weighted by Gasteiger charge is -2.11. The van der Waals surface area contributed by atoms with Crippen molar-refractivity contribution in [3.05, 3.63) is 52.0 Å². The van der Waals surface area contributed by atoms with Crippen molar-refractivity contribution in [2.24, 2.45) is 0 Å². The molecule has 5 heteroatoms. The van der Waals surface area contributed by atoms with Crippen LogP contribution in [0.5, 0.6) is 0 Å². The van der Waals surface area contributed by atoms with Gasteiger partial charge in [0.25, 0.3) is 0 Å². The standard InChI is InChI=1S/C15H14BrNO2S/c1-9-11(16)7-8-13(14(9)17)20-12-6-4-3-5-10(12)15(18)19-2/h3-8H,17H2,1-2H3. The number of hydrogen-bond donors (Lipinski definition) is 1. The van der Waals surface area contributed by atoms with Crippen molar-refractivity contribution in [1.82, 2.24) is 0 Å². The van der Waals surface area contributed by atoms with Crippen LogP contribution in [-0.4, -0.2) is 13.1 Å². The molecule has 0 unspecified atom stereocenters. The van der Waals surface area contributed by atoms with Gasteiger partial charge in [0, 0.05) is 20.0 Å². The lowest BCUT2D eigenvalue weighted by atomic mass is 10.2. The fraction of sp³-hybridized carbons (Fsp3) is 0.133. The van der Waals surface area contributed by atoms with Crippen molar-refractivity contribution in [2.45, 2.75) is 16.7 Å². The number of benzene rings is 2. The number of methoxy groups -OCH3 is 1. The minimum Gasteiger partial charge on any atom is -0.465 e. The van der Waals surface area contributed by atoms with E-state index < -0.39 is 0 Å². The molecule has 0 amide bonds. The molecule has 3 nitrogen and oxygen atoms in total. The molecule has 0 heterocycles. The molecule has 2 N–H and O–H groups in total. The lowest BCUT2D eigenvalue weighted by Crippen LogP contribution is -2.03. The van der Waals surface area contributed by atoms with Crippen molar-refractivity contribution >= 4 is 39.3 Å². The largest absolute Gasteiger partial charge is 0.465 e. The van der Waals surface area contributed by atoms with Gasteiger partial charge in [0.2, 0.25) is 0 Å². The van der Waals surface area contributed by atoms with Crippen molar-refractivity contribution < 1.29 is 9.53 Å². The highest BCUT2D eigenvalue weighted by Crippen LogP contribution is 2.37. The van der Waals surface area contributed by atoms with Gasteiger partial charge in [0.15, 0.2) is 0 Å². The van der Waals surface area contributed by atoms with Gasteiger partial charge in [-0.3, -0.25) is 0 Å². The Morgan fingerprint density at radius 2 is 1.90 bits per heavy atom. The smallest absolute Gasteiger partial charge is 0.339 e. The minimum absolute atomic E-state index is 0.347. The number of nitrogens with two attached hydrogens (primary N) is 1. The molecule has 0 aliphatic heterocycles. The maximum Gasteiger partial charge on any atom is 0.339 e. The Balaban J connectivity index is 2.41. The van der Waals surface area contributed by atoms with Crippen LogP contribution in [0, 0.1) is 6.92 Å². The molecule has 0 aliphatic carbocycles. The Labute approximate surface area is 130 Å². The summed E-state index contributed by atoms with van der Waals surface area (Å²) in [7, 11) is 1.38. The first-order valence-electron chi connectivity index (χ1n) is 5.94. The second kappa shape index (κ2) is 6.33. The highest BCUT2D eigenvalue weighted by atomic mass is 79.9. The molecule has 0 atom stereocenters. The molecule has 2 aromatic carbocycles. The summed E-state index contributed by atoms with van der Waals surface area (Å²) < 4.78 is 5.77. The second-order valence-corrected chi connectivity index (χ2v) is 6.11. The van der Waals surface area contributed by atoms with Crippen LogP contribution in [0.25, 0.3) is 0 Å². The molecule has 104 valence electrons. The van der Waals surface area contributed by atoms with E-state index in [1.165, 1.54) is 18.9 Å². The lowest BCUT2D eigenvalue weighted by molar-refractivity contribution is 0.0597. The van der Waals surface area contributed by atoms with E-state index in [-0.39, 0.29) is 5.97 Å². The quantitative estimate of drug-likeness (QED) is 0.662. The topological polar surface area (TPSA) is 52.3 Å². The van der Waals surface area contributed by atoms with E-state index >= 15 is 0 Å². The van der Waals surface area contributed by atoms with E-state index in [0.29, 0.717) is 11.3 Å². The van der Waals surface area contributed by atoms with Crippen LogP contribution in [0.15, 0.2) is 50.7 Å². The number of ether oxygens (including phenoxy) is 1. The highest BCUT2D eigenvalue weighted by Gasteiger charge is 2.14. The second-order valence-electron chi connectivity index (χ2n) is 4.17. The van der Waals surface area contributed by atoms with Crippen LogP contribution >= 0.6 is 27.7 Å². The molecule has 0 spiro atoms. The number of nitrogen functional groups attached to an aromatic ring is 1. The monoisotopic (exact) mass is 351 g/mol. The number of esters is 1. The SMILES string of the molecule is COC(=O)c1ccccc1Sc1ccc(Br)c(C)c1N. The Hall–Kier alpha value is -1.46. The van der Waals surface area contributed by atoms with Crippen LogP contribution in [0.3, 0.4) is 0 Å². The summed E-state index contributed by atoms with van der Waals surface area (Å²) in [6.45, 7) is 1.95. The number of carbonyl (C=O) groups excluding carboxylic acids is 1. The van der Waals surface area contributed by atoms with Gasteiger partial charge >= 0.3 is 5.97 Å². The van der Waals surface area contributed by atoms with Gasteiger partial charge < -0.3 is 10.5 Å². The summed E-state index contributed by atoms with van der Waals surface area (Å²) in [5, 5.41) is 0. The molecule has 0 fully saturated rings. The van der Waals surface area contributed by atoms with Crippen LogP contribution in [-0.2, 0) is 4.74 Å². The van der Waals surface area contributed by atoms with Gasteiger partial charge in [-0.15, -0.1) is 0 Å². The van der Waals surface area contributed by atoms with Gasteiger partial charge in [-0.05, 0) is 36.8 Å². The van der Waals surface area contributed by atoms with Crippen LogP contribution in [0.1, 0.15) is 15.9 Å². The first kappa shape index (κ1) is 14.9. The van der Waals surface area contributed by atoms with Crippen molar-refractivity contribution in [2.75, 3.05) is 12.8 Å². The highest BCUT2D eigenvalue weighted by molar-refractivity contribution is 9.10. The van der Waals surface area contributed by atoms with Gasteiger partial charge in [0.1, 0.15) is 0 Å². The van der Waals surface area contributed by atoms with E-state index in [4.69, 9.17) is 10.5 Å². The van der Waals surface area contributed by atoms with Gasteiger partial charge in [-0.2, -0.15) is 0 Å². The molecule has 0 bridgehead atoms. The number of hydrogen-bond acceptors (Lipinski definition) is 4. The van der Waals surface area contributed by atoms with E-state index in [9.17, 15) is 4.79 Å². The average Bonchev–Trinajstić information content (AvgIpc) is 2.47. The summed E-state index contributed by atoms with van der Waals surface area (Å²) in [4.78, 5) is 13.5. The number of anilines is 1. The van der Waals surface area contributed by atoms with Gasteiger partial charge in [-0.1, -0.05) is 39.8 Å². The van der Waals surface area contributed by atoms with E-state index in [1.807, 2.05) is 37.3 Å². The van der Waals surface area contributed by atoms with Gasteiger partial charge in [0.05, 0.1) is 12.7 Å². The third-order valence-corrected chi connectivity index (χ3v) is 4.93. The number of rotatable bonds is 3. The Morgan fingerprint density at radius 1 is 1.20 bits per heavy atom. The van der Waals surface area contributed by atoms with Crippen molar-refractivity contribution in [3.63, 3.8) is 0 Å². The van der Waals surface area contributed by atoms with Gasteiger partial charge in [-0.25, -0.2) is 4.79 Å². The summed E-state index contributed by atoms with van der Waals surface area (Å²) in [6, 6.07) is 11.2. The van der Waals surface area contributed by atoms with E-state index in [1.54, 1.807) is 6.07 Å². The molecular weight excluding hydrogens is 338 g/mol. The van der Waals surface area contributed by atoms with Crippen LogP contribution in [0.4, 0.5) is 5.69 Å². The first-order chi connectivity index (χ1) is 9.54. The third-order valence-electron chi connectivity index (χ3n) is 2.92. The molecule has 0 aliphatic rings. The molecule has 0 saturated carbocycles.